The van der Waals surface area contributed by atoms with Gasteiger partial charge in [-0.15, -0.1) is 0 Å². The summed E-state index contributed by atoms with van der Waals surface area (Å²) in [5.74, 6) is -3.09. The van der Waals surface area contributed by atoms with Gasteiger partial charge in [0.05, 0.1) is 12.6 Å². The first-order valence-electron chi connectivity index (χ1n) is 8.46. The van der Waals surface area contributed by atoms with Gasteiger partial charge in [-0.3, -0.25) is 20.3 Å². The highest BCUT2D eigenvalue weighted by molar-refractivity contribution is 5.68. The number of nitrogens with zero attached hydrogens (tertiary/aromatic N) is 2. The molecule has 2 saturated heterocycles. The van der Waals surface area contributed by atoms with Gasteiger partial charge in [0, 0.05) is 30.5 Å². The number of halogens is 2. The van der Waals surface area contributed by atoms with Gasteiger partial charge in [0.1, 0.15) is 5.60 Å². The van der Waals surface area contributed by atoms with Gasteiger partial charge < -0.3 is 10.1 Å². The molecular weight excluding hydrogens is 338 g/mol. The quantitative estimate of drug-likeness (QED) is 0.583. The predicted octanol–water partition coefficient (Wildman–Crippen LogP) is 1.58. The Morgan fingerprint density at radius 2 is 2.04 bits per heavy atom. The number of piperidine rings is 2. The Morgan fingerprint density at radius 3 is 2.52 bits per heavy atom. The number of likely N-dealkylation sites (tertiary alicyclic amines) is 1. The highest BCUT2D eigenvalue weighted by Gasteiger charge is 2.47. The highest BCUT2D eigenvalue weighted by atomic mass is 19.3. The lowest BCUT2D eigenvalue weighted by Gasteiger charge is -2.43. The number of amides is 1. The minimum atomic E-state index is -3.09. The van der Waals surface area contributed by atoms with Crippen molar-refractivity contribution < 1.29 is 23.2 Å². The van der Waals surface area contributed by atoms with Crippen LogP contribution in [0.2, 0.25) is 0 Å². The Balaban J connectivity index is 1.87. The van der Waals surface area contributed by atoms with Crippen LogP contribution in [0.15, 0.2) is 0 Å². The summed E-state index contributed by atoms with van der Waals surface area (Å²) in [6, 6.07) is -1.44. The molecule has 1 amide bonds. The van der Waals surface area contributed by atoms with Crippen molar-refractivity contribution in [2.24, 2.45) is 0 Å². The first-order valence-corrected chi connectivity index (χ1v) is 8.46. The van der Waals surface area contributed by atoms with Gasteiger partial charge in [-0.25, -0.2) is 13.6 Å². The van der Waals surface area contributed by atoms with E-state index in [0.717, 1.165) is 0 Å². The molecule has 0 saturated carbocycles. The summed E-state index contributed by atoms with van der Waals surface area (Å²) < 4.78 is 33.9. The van der Waals surface area contributed by atoms with E-state index in [1.165, 1.54) is 0 Å². The first-order chi connectivity index (χ1) is 11.5. The van der Waals surface area contributed by atoms with Crippen molar-refractivity contribution in [2.45, 2.75) is 69.8 Å². The Bertz CT molecular complexity index is 504. The van der Waals surface area contributed by atoms with Crippen LogP contribution in [-0.2, 0) is 4.74 Å². The van der Waals surface area contributed by atoms with Crippen LogP contribution >= 0.6 is 0 Å². The molecule has 2 aliphatic heterocycles. The SMILES string of the molecule is CC(C)(C)OC(=O)NC1CCN(C2CCC([N+](=O)[O-])NC2)CC1(F)F. The van der Waals surface area contributed by atoms with Crippen LogP contribution in [0.5, 0.6) is 0 Å². The molecule has 0 bridgehead atoms. The number of ether oxygens (including phenoxy) is 1. The second-order valence-electron chi connectivity index (χ2n) is 7.66. The predicted molar refractivity (Wildman–Crippen MR) is 86.1 cm³/mol. The third-order valence-electron chi connectivity index (χ3n) is 4.45. The molecule has 0 spiro atoms. The van der Waals surface area contributed by atoms with E-state index in [9.17, 15) is 23.7 Å². The normalized spacial score (nSPS) is 30.5. The standard InChI is InChI=1S/C15H26F2N4O4/c1-14(2,3)25-13(22)19-11-6-7-20(9-15(11,16)17)10-4-5-12(18-8-10)21(23)24/h10-12,18H,4-9H2,1-3H3,(H,19,22). The Kier molecular flexibility index (Phi) is 5.82. The topological polar surface area (TPSA) is 96.7 Å². The van der Waals surface area contributed by atoms with Gasteiger partial charge in [0.25, 0.3) is 12.1 Å². The number of nitro groups is 1. The molecule has 10 heteroatoms. The molecule has 8 nitrogen and oxygen atoms in total. The maximum absolute atomic E-state index is 14.4. The zero-order valence-electron chi connectivity index (χ0n) is 14.8. The molecular formula is C15H26F2N4O4. The number of hydrogen-bond donors (Lipinski definition) is 2. The van der Waals surface area contributed by atoms with E-state index in [-0.39, 0.29) is 17.4 Å². The van der Waals surface area contributed by atoms with E-state index in [2.05, 4.69) is 10.6 Å². The van der Waals surface area contributed by atoms with Crippen molar-refractivity contribution in [1.29, 1.82) is 0 Å². The van der Waals surface area contributed by atoms with Crippen molar-refractivity contribution in [2.75, 3.05) is 19.6 Å². The molecule has 2 rings (SSSR count). The fraction of sp³-hybridized carbons (Fsp3) is 0.933. The Hall–Kier alpha value is -1.55. The summed E-state index contributed by atoms with van der Waals surface area (Å²) in [6.45, 7) is 5.23. The molecule has 3 atom stereocenters. The summed E-state index contributed by atoms with van der Waals surface area (Å²) in [5, 5.41) is 15.8. The number of nitrogens with one attached hydrogen (secondary N) is 2. The second-order valence-corrected chi connectivity index (χ2v) is 7.66. The molecule has 3 unspecified atom stereocenters. The average molecular weight is 364 g/mol. The van der Waals surface area contributed by atoms with Crippen molar-refractivity contribution >= 4 is 6.09 Å². The molecule has 0 aliphatic carbocycles. The van der Waals surface area contributed by atoms with E-state index in [1.54, 1.807) is 25.7 Å². The molecule has 2 aliphatic rings. The van der Waals surface area contributed by atoms with Crippen molar-refractivity contribution in [3.05, 3.63) is 10.1 Å². The van der Waals surface area contributed by atoms with Crippen LogP contribution in [0.1, 0.15) is 40.0 Å². The minimum Gasteiger partial charge on any atom is -0.444 e. The average Bonchev–Trinajstić information content (AvgIpc) is 2.47. The smallest absolute Gasteiger partial charge is 0.408 e. The molecule has 144 valence electrons. The highest BCUT2D eigenvalue weighted by Crippen LogP contribution is 2.30. The molecule has 0 radical (unpaired) electrons. The van der Waals surface area contributed by atoms with Crippen LogP contribution in [0, 0.1) is 10.1 Å². The fourth-order valence-electron chi connectivity index (χ4n) is 3.22. The van der Waals surface area contributed by atoms with Crippen LogP contribution < -0.4 is 10.6 Å². The van der Waals surface area contributed by atoms with E-state index >= 15 is 0 Å². The minimum absolute atomic E-state index is 0.0986. The monoisotopic (exact) mass is 364 g/mol. The number of alkyl carbamates (subject to hydrolysis) is 1. The molecule has 2 N–H and O–H groups in total. The summed E-state index contributed by atoms with van der Waals surface area (Å²) in [5.41, 5.74) is -0.749. The Morgan fingerprint density at radius 1 is 1.36 bits per heavy atom. The zero-order valence-corrected chi connectivity index (χ0v) is 14.8. The van der Waals surface area contributed by atoms with Gasteiger partial charge in [0.2, 0.25) is 0 Å². The number of alkyl halides is 2. The fourth-order valence-corrected chi connectivity index (χ4v) is 3.22. The Labute approximate surface area is 145 Å². The van der Waals surface area contributed by atoms with E-state index in [4.69, 9.17) is 4.74 Å². The molecule has 25 heavy (non-hydrogen) atoms. The molecule has 0 aromatic heterocycles. The lowest BCUT2D eigenvalue weighted by atomic mass is 9.96. The third kappa shape index (κ3) is 5.46. The first kappa shape index (κ1) is 19.8. The third-order valence-corrected chi connectivity index (χ3v) is 4.45. The number of rotatable bonds is 3. The van der Waals surface area contributed by atoms with Crippen LogP contribution in [0.25, 0.3) is 0 Å². The molecule has 2 fully saturated rings. The van der Waals surface area contributed by atoms with E-state index in [1.807, 2.05) is 0 Å². The second kappa shape index (κ2) is 7.36. The van der Waals surface area contributed by atoms with E-state index in [0.29, 0.717) is 25.9 Å². The largest absolute Gasteiger partial charge is 0.444 e. The van der Waals surface area contributed by atoms with Crippen molar-refractivity contribution in [1.82, 2.24) is 15.5 Å². The van der Waals surface area contributed by atoms with Gasteiger partial charge >= 0.3 is 6.09 Å². The number of hydrogen-bond acceptors (Lipinski definition) is 6. The number of carbonyl (C=O) groups is 1. The lowest BCUT2D eigenvalue weighted by Crippen LogP contribution is -2.62. The van der Waals surface area contributed by atoms with Crippen molar-refractivity contribution in [3.8, 4) is 0 Å². The number of carbonyl (C=O) groups excluding carboxylic acids is 1. The van der Waals surface area contributed by atoms with Gasteiger partial charge in [-0.2, -0.15) is 0 Å². The van der Waals surface area contributed by atoms with Crippen LogP contribution in [-0.4, -0.2) is 65.3 Å². The summed E-state index contributed by atoms with van der Waals surface area (Å²) in [4.78, 5) is 23.7. The van der Waals surface area contributed by atoms with Crippen molar-refractivity contribution in [3.63, 3.8) is 0 Å². The summed E-state index contributed by atoms with van der Waals surface area (Å²) in [6.07, 6.45) is -0.735. The van der Waals surface area contributed by atoms with Gasteiger partial charge in [-0.1, -0.05) is 0 Å². The van der Waals surface area contributed by atoms with Crippen LogP contribution in [0.3, 0.4) is 0 Å². The van der Waals surface area contributed by atoms with Gasteiger partial charge in [0.15, 0.2) is 0 Å². The van der Waals surface area contributed by atoms with Gasteiger partial charge in [-0.05, 0) is 33.6 Å². The zero-order chi connectivity index (χ0) is 18.8. The summed E-state index contributed by atoms with van der Waals surface area (Å²) >= 11 is 0. The maximum Gasteiger partial charge on any atom is 0.408 e. The molecule has 0 aromatic rings. The summed E-state index contributed by atoms with van der Waals surface area (Å²) in [7, 11) is 0. The molecule has 2 heterocycles. The molecule has 0 aromatic carbocycles. The lowest BCUT2D eigenvalue weighted by molar-refractivity contribution is -0.532. The van der Waals surface area contributed by atoms with E-state index < -0.39 is 36.4 Å². The maximum atomic E-state index is 14.4. The van der Waals surface area contributed by atoms with Crippen LogP contribution in [0.4, 0.5) is 13.6 Å².